The highest BCUT2D eigenvalue weighted by Gasteiger charge is 2.38. The Hall–Kier alpha value is -2.85. The molecule has 1 atom stereocenters. The fraction of sp³-hybridized carbons (Fsp3) is 0.381. The first-order valence-corrected chi connectivity index (χ1v) is 10.6. The van der Waals surface area contributed by atoms with E-state index in [1.807, 2.05) is 0 Å². The van der Waals surface area contributed by atoms with Crippen molar-refractivity contribution in [3.63, 3.8) is 0 Å². The van der Waals surface area contributed by atoms with Gasteiger partial charge in [-0.05, 0) is 37.6 Å². The fourth-order valence-corrected chi connectivity index (χ4v) is 4.83. The summed E-state index contributed by atoms with van der Waals surface area (Å²) in [5.41, 5.74) is 5.03. The standard InChI is InChI=1S/C21H20ClF3N6O/c1-10-6-14(26)30-18(16(10)21(23,24)25)12-7-13-15-19(17(12)22)32-5-4-31(11-2-3-27-8-11)20(15)29-9-28-13/h6-7,9,11,27H,2-5,8H2,1H3,(H2,26,30)/t11-/m0/s1. The Bertz CT molecular complexity index is 1210. The molecule has 4 heterocycles. The van der Waals surface area contributed by atoms with Crippen molar-refractivity contribution >= 4 is 34.1 Å². The van der Waals surface area contributed by atoms with Gasteiger partial charge in [-0.2, -0.15) is 13.2 Å². The van der Waals surface area contributed by atoms with Crippen molar-refractivity contribution in [3.05, 3.63) is 34.6 Å². The number of benzene rings is 1. The molecule has 1 aromatic carbocycles. The highest BCUT2D eigenvalue weighted by Crippen LogP contribution is 2.48. The molecule has 3 N–H and O–H groups in total. The summed E-state index contributed by atoms with van der Waals surface area (Å²) >= 11 is 6.68. The second kappa shape index (κ2) is 7.63. The Morgan fingerprint density at radius 1 is 1.28 bits per heavy atom. The van der Waals surface area contributed by atoms with Crippen molar-refractivity contribution in [2.75, 3.05) is 36.9 Å². The maximum Gasteiger partial charge on any atom is 0.418 e. The largest absolute Gasteiger partial charge is 0.489 e. The van der Waals surface area contributed by atoms with Crippen LogP contribution in [0.1, 0.15) is 17.5 Å². The van der Waals surface area contributed by atoms with Gasteiger partial charge in [0, 0.05) is 18.2 Å². The van der Waals surface area contributed by atoms with Gasteiger partial charge in [-0.25, -0.2) is 15.0 Å². The Labute approximate surface area is 186 Å². The Kier molecular flexibility index (Phi) is 5.01. The maximum atomic E-state index is 13.9. The quantitative estimate of drug-likeness (QED) is 0.596. The van der Waals surface area contributed by atoms with Crippen molar-refractivity contribution in [1.29, 1.82) is 0 Å². The molecule has 1 saturated heterocycles. The summed E-state index contributed by atoms with van der Waals surface area (Å²) < 4.78 is 47.8. The summed E-state index contributed by atoms with van der Waals surface area (Å²) in [5.74, 6) is 0.896. The summed E-state index contributed by atoms with van der Waals surface area (Å²) in [5, 5.41) is 3.95. The van der Waals surface area contributed by atoms with Crippen LogP contribution in [0.4, 0.5) is 24.8 Å². The van der Waals surface area contributed by atoms with E-state index >= 15 is 0 Å². The summed E-state index contributed by atoms with van der Waals surface area (Å²) in [6.45, 7) is 3.94. The molecular weight excluding hydrogens is 445 g/mol. The van der Waals surface area contributed by atoms with Crippen molar-refractivity contribution in [2.24, 2.45) is 0 Å². The number of pyridine rings is 1. The summed E-state index contributed by atoms with van der Waals surface area (Å²) in [6.07, 6.45) is -2.28. The first-order valence-electron chi connectivity index (χ1n) is 10.2. The number of hydrogen-bond donors (Lipinski definition) is 2. The topological polar surface area (TPSA) is 89.2 Å². The third-order valence-electron chi connectivity index (χ3n) is 5.90. The molecule has 0 aliphatic carbocycles. The molecular formula is C21H20ClF3N6O. The summed E-state index contributed by atoms with van der Waals surface area (Å²) in [6, 6.07) is 2.93. The van der Waals surface area contributed by atoms with Gasteiger partial charge in [0.2, 0.25) is 0 Å². The number of hydrogen-bond acceptors (Lipinski definition) is 7. The van der Waals surface area contributed by atoms with Gasteiger partial charge < -0.3 is 20.7 Å². The lowest BCUT2D eigenvalue weighted by atomic mass is 9.99. The third-order valence-corrected chi connectivity index (χ3v) is 6.28. The van der Waals surface area contributed by atoms with E-state index in [1.165, 1.54) is 25.4 Å². The molecule has 11 heteroatoms. The molecule has 3 aromatic rings. The Balaban J connectivity index is 1.77. The number of ether oxygens (including phenoxy) is 1. The molecule has 2 aliphatic rings. The number of nitrogens with two attached hydrogens (primary N) is 1. The van der Waals surface area contributed by atoms with Crippen LogP contribution in [0.3, 0.4) is 0 Å². The third kappa shape index (κ3) is 3.38. The van der Waals surface area contributed by atoms with E-state index in [-0.39, 0.29) is 39.5 Å². The van der Waals surface area contributed by atoms with E-state index in [0.717, 1.165) is 19.5 Å². The van der Waals surface area contributed by atoms with Gasteiger partial charge in [-0.1, -0.05) is 11.6 Å². The van der Waals surface area contributed by atoms with Gasteiger partial charge in [-0.15, -0.1) is 0 Å². The second-order valence-electron chi connectivity index (χ2n) is 7.93. The number of halogens is 4. The minimum absolute atomic E-state index is 0.0305. The molecule has 0 saturated carbocycles. The zero-order valence-electron chi connectivity index (χ0n) is 17.1. The molecule has 0 bridgehead atoms. The number of nitrogens with zero attached hydrogens (tertiary/aromatic N) is 4. The summed E-state index contributed by atoms with van der Waals surface area (Å²) in [7, 11) is 0. The molecule has 1 fully saturated rings. The maximum absolute atomic E-state index is 13.9. The average molecular weight is 465 g/mol. The van der Waals surface area contributed by atoms with Crippen LogP contribution in [0.5, 0.6) is 5.75 Å². The van der Waals surface area contributed by atoms with Crippen LogP contribution in [-0.4, -0.2) is 47.2 Å². The van der Waals surface area contributed by atoms with Gasteiger partial charge in [-0.3, -0.25) is 0 Å². The average Bonchev–Trinajstić information content (AvgIpc) is 3.17. The second-order valence-corrected chi connectivity index (χ2v) is 8.31. The monoisotopic (exact) mass is 464 g/mol. The molecule has 5 rings (SSSR count). The number of nitrogen functional groups attached to an aromatic ring is 1. The van der Waals surface area contributed by atoms with Gasteiger partial charge in [0.15, 0.2) is 5.75 Å². The highest BCUT2D eigenvalue weighted by molar-refractivity contribution is 6.36. The zero-order valence-corrected chi connectivity index (χ0v) is 17.9. The molecule has 32 heavy (non-hydrogen) atoms. The summed E-state index contributed by atoms with van der Waals surface area (Å²) in [4.78, 5) is 15.0. The lowest BCUT2D eigenvalue weighted by Gasteiger charge is -2.28. The molecule has 2 aromatic heterocycles. The van der Waals surface area contributed by atoms with Crippen LogP contribution in [0, 0.1) is 6.92 Å². The van der Waals surface area contributed by atoms with Gasteiger partial charge in [0.25, 0.3) is 0 Å². The number of anilines is 2. The van der Waals surface area contributed by atoms with Crippen molar-refractivity contribution in [2.45, 2.75) is 25.6 Å². The van der Waals surface area contributed by atoms with Gasteiger partial charge in [0.1, 0.15) is 24.6 Å². The van der Waals surface area contributed by atoms with Crippen LogP contribution in [-0.2, 0) is 6.18 Å². The molecule has 168 valence electrons. The van der Waals surface area contributed by atoms with E-state index in [1.54, 1.807) is 0 Å². The SMILES string of the molecule is Cc1cc(N)nc(-c2cc3ncnc4c3c(c2Cl)OCCN4[C@H]2CCNC2)c1C(F)(F)F. The van der Waals surface area contributed by atoms with Crippen molar-refractivity contribution in [1.82, 2.24) is 20.3 Å². The van der Waals surface area contributed by atoms with Crippen LogP contribution >= 0.6 is 11.6 Å². The first kappa shape index (κ1) is 21.0. The minimum Gasteiger partial charge on any atom is -0.489 e. The van der Waals surface area contributed by atoms with Crippen LogP contribution in [0.15, 0.2) is 18.5 Å². The van der Waals surface area contributed by atoms with E-state index < -0.39 is 11.7 Å². The highest BCUT2D eigenvalue weighted by atomic mass is 35.5. The predicted octanol–water partition coefficient (Wildman–Crippen LogP) is 3.82. The van der Waals surface area contributed by atoms with E-state index in [4.69, 9.17) is 22.1 Å². The van der Waals surface area contributed by atoms with Crippen LogP contribution in [0.25, 0.3) is 22.2 Å². The normalized spacial score (nSPS) is 18.7. The molecule has 7 nitrogen and oxygen atoms in total. The van der Waals surface area contributed by atoms with Crippen LogP contribution in [0.2, 0.25) is 5.02 Å². The Morgan fingerprint density at radius 3 is 2.81 bits per heavy atom. The van der Waals surface area contributed by atoms with E-state index in [0.29, 0.717) is 29.9 Å². The number of rotatable bonds is 2. The number of alkyl halides is 3. The number of aryl methyl sites for hydroxylation is 1. The minimum atomic E-state index is -4.64. The smallest absolute Gasteiger partial charge is 0.418 e. The zero-order chi connectivity index (χ0) is 22.6. The van der Waals surface area contributed by atoms with Gasteiger partial charge >= 0.3 is 6.18 Å². The lowest BCUT2D eigenvalue weighted by Crippen LogP contribution is -2.39. The van der Waals surface area contributed by atoms with Crippen molar-refractivity contribution < 1.29 is 17.9 Å². The number of nitrogens with one attached hydrogen (secondary N) is 1. The molecule has 0 unspecified atom stereocenters. The van der Waals surface area contributed by atoms with E-state index in [2.05, 4.69) is 25.2 Å². The predicted molar refractivity (Wildman–Crippen MR) is 116 cm³/mol. The number of aromatic nitrogens is 3. The molecule has 0 radical (unpaired) electrons. The molecule has 0 amide bonds. The lowest BCUT2D eigenvalue weighted by molar-refractivity contribution is -0.137. The fourth-order valence-electron chi connectivity index (χ4n) is 4.54. The van der Waals surface area contributed by atoms with Crippen molar-refractivity contribution in [3.8, 4) is 17.0 Å². The molecule has 2 aliphatic heterocycles. The van der Waals surface area contributed by atoms with E-state index in [9.17, 15) is 13.2 Å². The first-order chi connectivity index (χ1) is 15.3. The molecule has 0 spiro atoms. The Morgan fingerprint density at radius 2 is 2.09 bits per heavy atom. The van der Waals surface area contributed by atoms with Gasteiger partial charge in [0.05, 0.1) is 33.7 Å². The van der Waals surface area contributed by atoms with Crippen LogP contribution < -0.4 is 20.7 Å².